The van der Waals surface area contributed by atoms with Gasteiger partial charge >= 0.3 is 0 Å². The van der Waals surface area contributed by atoms with Gasteiger partial charge in [-0.2, -0.15) is 0 Å². The molecule has 2 saturated heterocycles. The third kappa shape index (κ3) is 4.01. The fourth-order valence-corrected chi connectivity index (χ4v) is 4.04. The predicted octanol–water partition coefficient (Wildman–Crippen LogP) is 3.89. The SMILES string of the molecule is Cc1cccc(NC(=O)c2cc(N3C(=O)CCC3=O)ccc2N2CCCCC2)c1. The van der Waals surface area contributed by atoms with Crippen LogP contribution in [0, 0.1) is 6.92 Å². The van der Waals surface area contributed by atoms with Crippen molar-refractivity contribution < 1.29 is 14.4 Å². The highest BCUT2D eigenvalue weighted by atomic mass is 16.2. The van der Waals surface area contributed by atoms with Crippen molar-refractivity contribution in [2.75, 3.05) is 28.2 Å². The molecule has 0 bridgehead atoms. The van der Waals surface area contributed by atoms with Crippen molar-refractivity contribution in [1.82, 2.24) is 0 Å². The highest BCUT2D eigenvalue weighted by molar-refractivity contribution is 6.20. The number of anilines is 3. The minimum atomic E-state index is -0.239. The molecule has 29 heavy (non-hydrogen) atoms. The minimum Gasteiger partial charge on any atom is -0.371 e. The second-order valence-electron chi connectivity index (χ2n) is 7.70. The first-order chi connectivity index (χ1) is 14.0. The van der Waals surface area contributed by atoms with Crippen LogP contribution in [-0.2, 0) is 9.59 Å². The zero-order valence-electron chi connectivity index (χ0n) is 16.6. The van der Waals surface area contributed by atoms with Crippen LogP contribution in [0.4, 0.5) is 17.1 Å². The molecule has 2 aromatic rings. The smallest absolute Gasteiger partial charge is 0.257 e. The van der Waals surface area contributed by atoms with Crippen molar-refractivity contribution >= 4 is 34.8 Å². The summed E-state index contributed by atoms with van der Waals surface area (Å²) in [5, 5.41) is 2.96. The molecule has 150 valence electrons. The standard InChI is InChI=1S/C23H25N3O3/c1-16-6-5-7-17(14-16)24-23(29)19-15-18(26-21(27)10-11-22(26)28)8-9-20(19)25-12-3-2-4-13-25/h5-9,14-15H,2-4,10-13H2,1H3,(H,24,29). The number of hydrogen-bond donors (Lipinski definition) is 1. The monoisotopic (exact) mass is 391 g/mol. The predicted molar refractivity (Wildman–Crippen MR) is 113 cm³/mol. The number of rotatable bonds is 4. The van der Waals surface area contributed by atoms with Crippen molar-refractivity contribution in [3.63, 3.8) is 0 Å². The van der Waals surface area contributed by atoms with Gasteiger partial charge in [-0.15, -0.1) is 0 Å². The summed E-state index contributed by atoms with van der Waals surface area (Å²) in [5.74, 6) is -0.673. The summed E-state index contributed by atoms with van der Waals surface area (Å²) in [6, 6.07) is 12.9. The summed E-state index contributed by atoms with van der Waals surface area (Å²) < 4.78 is 0. The molecule has 6 nitrogen and oxygen atoms in total. The number of amides is 3. The fraction of sp³-hybridized carbons (Fsp3) is 0.348. The van der Waals surface area contributed by atoms with E-state index in [9.17, 15) is 14.4 Å². The van der Waals surface area contributed by atoms with E-state index in [0.717, 1.165) is 42.9 Å². The van der Waals surface area contributed by atoms with Gasteiger partial charge in [0.25, 0.3) is 5.91 Å². The molecular formula is C23H25N3O3. The van der Waals surface area contributed by atoms with Gasteiger partial charge in [0.2, 0.25) is 11.8 Å². The molecule has 0 aromatic heterocycles. The second kappa shape index (κ2) is 8.07. The van der Waals surface area contributed by atoms with E-state index in [2.05, 4.69) is 10.2 Å². The van der Waals surface area contributed by atoms with Gasteiger partial charge in [-0.1, -0.05) is 12.1 Å². The lowest BCUT2D eigenvalue weighted by molar-refractivity contribution is -0.121. The Hall–Kier alpha value is -3.15. The molecule has 0 radical (unpaired) electrons. The highest BCUT2D eigenvalue weighted by Gasteiger charge is 2.31. The van der Waals surface area contributed by atoms with Crippen LogP contribution in [0.3, 0.4) is 0 Å². The lowest BCUT2D eigenvalue weighted by Gasteiger charge is -2.31. The van der Waals surface area contributed by atoms with E-state index in [0.29, 0.717) is 11.3 Å². The van der Waals surface area contributed by atoms with Crippen LogP contribution in [0.1, 0.15) is 48.0 Å². The summed E-state index contributed by atoms with van der Waals surface area (Å²) in [5.41, 5.74) is 3.57. The Morgan fingerprint density at radius 1 is 0.931 bits per heavy atom. The topological polar surface area (TPSA) is 69.7 Å². The molecule has 2 aromatic carbocycles. The molecule has 2 aliphatic rings. The van der Waals surface area contributed by atoms with Gasteiger partial charge in [-0.25, -0.2) is 0 Å². The lowest BCUT2D eigenvalue weighted by atomic mass is 10.0. The maximum Gasteiger partial charge on any atom is 0.257 e. The lowest BCUT2D eigenvalue weighted by Crippen LogP contribution is -2.32. The number of piperidine rings is 1. The number of nitrogens with zero attached hydrogens (tertiary/aromatic N) is 2. The van der Waals surface area contributed by atoms with Gasteiger partial charge in [0.1, 0.15) is 0 Å². The number of imide groups is 1. The van der Waals surface area contributed by atoms with Crippen molar-refractivity contribution in [2.45, 2.75) is 39.0 Å². The molecule has 1 N–H and O–H groups in total. The zero-order chi connectivity index (χ0) is 20.4. The molecular weight excluding hydrogens is 366 g/mol. The van der Waals surface area contributed by atoms with Gasteiger partial charge in [0, 0.05) is 37.3 Å². The molecule has 2 fully saturated rings. The molecule has 3 amide bonds. The summed E-state index contributed by atoms with van der Waals surface area (Å²) in [6.45, 7) is 3.76. The first-order valence-electron chi connectivity index (χ1n) is 10.2. The normalized spacial score (nSPS) is 17.0. The average Bonchev–Trinajstić information content (AvgIpc) is 3.06. The van der Waals surface area contributed by atoms with E-state index in [1.54, 1.807) is 12.1 Å². The van der Waals surface area contributed by atoms with E-state index in [-0.39, 0.29) is 30.6 Å². The van der Waals surface area contributed by atoms with Crippen molar-refractivity contribution in [2.24, 2.45) is 0 Å². The molecule has 4 rings (SSSR count). The molecule has 2 aliphatic heterocycles. The average molecular weight is 391 g/mol. The quantitative estimate of drug-likeness (QED) is 0.803. The summed E-state index contributed by atoms with van der Waals surface area (Å²) in [7, 11) is 0. The fourth-order valence-electron chi connectivity index (χ4n) is 4.04. The molecule has 2 heterocycles. The molecule has 0 unspecified atom stereocenters. The highest BCUT2D eigenvalue weighted by Crippen LogP contribution is 2.31. The first kappa shape index (κ1) is 19.2. The van der Waals surface area contributed by atoms with Crippen LogP contribution < -0.4 is 15.1 Å². The van der Waals surface area contributed by atoms with Crippen LogP contribution in [0.2, 0.25) is 0 Å². The van der Waals surface area contributed by atoms with Crippen molar-refractivity contribution in [1.29, 1.82) is 0 Å². The molecule has 0 spiro atoms. The number of aryl methyl sites for hydroxylation is 1. The number of benzene rings is 2. The molecule has 0 atom stereocenters. The number of carbonyl (C=O) groups is 3. The molecule has 0 saturated carbocycles. The number of nitrogens with one attached hydrogen (secondary N) is 1. The summed E-state index contributed by atoms with van der Waals surface area (Å²) in [6.07, 6.45) is 3.80. The van der Waals surface area contributed by atoms with E-state index in [1.807, 2.05) is 37.3 Å². The maximum absolute atomic E-state index is 13.2. The van der Waals surface area contributed by atoms with Crippen LogP contribution in [-0.4, -0.2) is 30.8 Å². The first-order valence-corrected chi connectivity index (χ1v) is 10.2. The van der Waals surface area contributed by atoms with Crippen LogP contribution in [0.25, 0.3) is 0 Å². The third-order valence-electron chi connectivity index (χ3n) is 5.51. The van der Waals surface area contributed by atoms with Gasteiger partial charge in [-0.3, -0.25) is 19.3 Å². The number of carbonyl (C=O) groups excluding carboxylic acids is 3. The maximum atomic E-state index is 13.2. The Kier molecular flexibility index (Phi) is 5.34. The Morgan fingerprint density at radius 3 is 2.34 bits per heavy atom. The van der Waals surface area contributed by atoms with Crippen LogP contribution in [0.15, 0.2) is 42.5 Å². The molecule has 0 aliphatic carbocycles. The summed E-state index contributed by atoms with van der Waals surface area (Å²) >= 11 is 0. The van der Waals surface area contributed by atoms with Gasteiger partial charge in [0.15, 0.2) is 0 Å². The van der Waals surface area contributed by atoms with Crippen molar-refractivity contribution in [3.05, 3.63) is 53.6 Å². The Balaban J connectivity index is 1.71. The second-order valence-corrected chi connectivity index (χ2v) is 7.70. The number of hydrogen-bond acceptors (Lipinski definition) is 4. The largest absolute Gasteiger partial charge is 0.371 e. The van der Waals surface area contributed by atoms with Gasteiger partial charge in [-0.05, 0) is 62.1 Å². The Morgan fingerprint density at radius 2 is 1.66 bits per heavy atom. The van der Waals surface area contributed by atoms with Gasteiger partial charge < -0.3 is 10.2 Å². The minimum absolute atomic E-state index is 0.217. The van der Waals surface area contributed by atoms with Gasteiger partial charge in [0.05, 0.1) is 11.3 Å². The van der Waals surface area contributed by atoms with E-state index < -0.39 is 0 Å². The Labute approximate surface area is 170 Å². The van der Waals surface area contributed by atoms with Crippen molar-refractivity contribution in [3.8, 4) is 0 Å². The zero-order valence-corrected chi connectivity index (χ0v) is 16.6. The van der Waals surface area contributed by atoms with Crippen LogP contribution >= 0.6 is 0 Å². The summed E-state index contributed by atoms with van der Waals surface area (Å²) in [4.78, 5) is 41.0. The molecule has 6 heteroatoms. The van der Waals surface area contributed by atoms with E-state index >= 15 is 0 Å². The Bertz CT molecular complexity index is 948. The van der Waals surface area contributed by atoms with E-state index in [4.69, 9.17) is 0 Å². The third-order valence-corrected chi connectivity index (χ3v) is 5.51. The van der Waals surface area contributed by atoms with E-state index in [1.165, 1.54) is 11.3 Å². The van der Waals surface area contributed by atoms with Crippen LogP contribution in [0.5, 0.6) is 0 Å².